The summed E-state index contributed by atoms with van der Waals surface area (Å²) in [4.78, 5) is 12.2. The summed E-state index contributed by atoms with van der Waals surface area (Å²) in [6.45, 7) is 5.19. The number of hydrogen-bond donors (Lipinski definition) is 1. The average molecular weight is 711 g/mol. The van der Waals surface area contributed by atoms with Gasteiger partial charge in [0.1, 0.15) is 6.10 Å². The molecule has 0 aliphatic carbocycles. The number of aliphatic hydroxyl groups is 1. The van der Waals surface area contributed by atoms with E-state index in [0.29, 0.717) is 13.0 Å². The summed E-state index contributed by atoms with van der Waals surface area (Å²) in [6.07, 6.45) is 59.5. The van der Waals surface area contributed by atoms with Crippen molar-refractivity contribution in [2.45, 2.75) is 200 Å². The van der Waals surface area contributed by atoms with Crippen molar-refractivity contribution in [2.75, 3.05) is 19.8 Å². The van der Waals surface area contributed by atoms with E-state index < -0.39 is 6.10 Å². The van der Waals surface area contributed by atoms with Gasteiger partial charge in [0.2, 0.25) is 0 Å². The number of esters is 1. The van der Waals surface area contributed by atoms with Crippen molar-refractivity contribution in [3.8, 4) is 0 Å². The standard InChI is InChI=1S/C47H82O4/c1-3-5-7-9-11-13-15-17-19-21-23-24-25-26-28-30-32-34-36-38-40-42-47(49)51-46(44-48)45-50-43-41-39-37-35-33-31-29-27-22-20-18-16-14-12-10-8-6-4-2/h5,7,11-14,17-20,23-24,46,48H,3-4,6,8-10,15-16,21-22,25-45H2,1-2H3/b7-5-,13-11-,14-12-,19-17-,20-18-,24-23-. The van der Waals surface area contributed by atoms with Crippen molar-refractivity contribution in [1.82, 2.24) is 0 Å². The van der Waals surface area contributed by atoms with Gasteiger partial charge >= 0.3 is 5.97 Å². The molecule has 0 saturated heterocycles. The smallest absolute Gasteiger partial charge is 0.306 e. The van der Waals surface area contributed by atoms with Crippen LogP contribution in [-0.2, 0) is 14.3 Å². The van der Waals surface area contributed by atoms with Crippen LogP contribution >= 0.6 is 0 Å². The molecule has 0 aliphatic heterocycles. The molecule has 0 saturated carbocycles. The number of carbonyl (C=O) groups is 1. The summed E-state index contributed by atoms with van der Waals surface area (Å²) in [7, 11) is 0. The van der Waals surface area contributed by atoms with Gasteiger partial charge in [0.15, 0.2) is 0 Å². The molecule has 0 bridgehead atoms. The van der Waals surface area contributed by atoms with Crippen molar-refractivity contribution in [1.29, 1.82) is 0 Å². The van der Waals surface area contributed by atoms with Gasteiger partial charge in [-0.3, -0.25) is 4.79 Å². The van der Waals surface area contributed by atoms with Gasteiger partial charge in [0.25, 0.3) is 0 Å². The number of carbonyl (C=O) groups excluding carboxylic acids is 1. The van der Waals surface area contributed by atoms with E-state index in [2.05, 4.69) is 86.8 Å². The lowest BCUT2D eigenvalue weighted by Gasteiger charge is -2.16. The zero-order chi connectivity index (χ0) is 37.0. The molecule has 0 aromatic heterocycles. The fraction of sp³-hybridized carbons (Fsp3) is 0.723. The van der Waals surface area contributed by atoms with Gasteiger partial charge in [-0.05, 0) is 83.5 Å². The Morgan fingerprint density at radius 1 is 0.490 bits per heavy atom. The minimum atomic E-state index is -0.545. The van der Waals surface area contributed by atoms with Crippen LogP contribution in [-0.4, -0.2) is 37.0 Å². The van der Waals surface area contributed by atoms with Crippen LogP contribution in [0.2, 0.25) is 0 Å². The normalized spacial score (nSPS) is 13.1. The summed E-state index contributed by atoms with van der Waals surface area (Å²) in [6, 6.07) is 0. The zero-order valence-corrected chi connectivity index (χ0v) is 33.6. The molecule has 4 nitrogen and oxygen atoms in total. The van der Waals surface area contributed by atoms with Crippen LogP contribution in [0.5, 0.6) is 0 Å². The predicted molar refractivity (Wildman–Crippen MR) is 223 cm³/mol. The Balaban J connectivity index is 3.48. The van der Waals surface area contributed by atoms with E-state index in [4.69, 9.17) is 9.47 Å². The molecule has 294 valence electrons. The second-order valence-corrected chi connectivity index (χ2v) is 14.0. The van der Waals surface area contributed by atoms with E-state index in [0.717, 1.165) is 51.4 Å². The molecule has 1 unspecified atom stereocenters. The number of aliphatic hydroxyl groups excluding tert-OH is 1. The fourth-order valence-corrected chi connectivity index (χ4v) is 5.82. The van der Waals surface area contributed by atoms with Crippen LogP contribution in [0.25, 0.3) is 0 Å². The third-order valence-electron chi connectivity index (χ3n) is 9.02. The third kappa shape index (κ3) is 42.1. The highest BCUT2D eigenvalue weighted by molar-refractivity contribution is 5.69. The van der Waals surface area contributed by atoms with E-state index in [1.165, 1.54) is 122 Å². The molecule has 51 heavy (non-hydrogen) atoms. The van der Waals surface area contributed by atoms with Crippen LogP contribution in [0.1, 0.15) is 194 Å². The quantitative estimate of drug-likeness (QED) is 0.0392. The third-order valence-corrected chi connectivity index (χ3v) is 9.02. The second kappa shape index (κ2) is 44.0. The maximum absolute atomic E-state index is 12.2. The molecule has 0 aromatic carbocycles. The molecule has 0 rings (SSSR count). The first-order chi connectivity index (χ1) is 25.2. The van der Waals surface area contributed by atoms with Crippen LogP contribution in [0.15, 0.2) is 72.9 Å². The first-order valence-corrected chi connectivity index (χ1v) is 21.5. The van der Waals surface area contributed by atoms with Crippen molar-refractivity contribution < 1.29 is 19.4 Å². The average Bonchev–Trinajstić information content (AvgIpc) is 3.14. The summed E-state index contributed by atoms with van der Waals surface area (Å²) < 4.78 is 11.2. The Kier molecular flexibility index (Phi) is 42.1. The van der Waals surface area contributed by atoms with Gasteiger partial charge in [0, 0.05) is 13.0 Å². The molecule has 0 spiro atoms. The van der Waals surface area contributed by atoms with Crippen molar-refractivity contribution in [3.63, 3.8) is 0 Å². The monoisotopic (exact) mass is 711 g/mol. The highest BCUT2D eigenvalue weighted by atomic mass is 16.6. The fourth-order valence-electron chi connectivity index (χ4n) is 5.82. The first kappa shape index (κ1) is 48.8. The highest BCUT2D eigenvalue weighted by Crippen LogP contribution is 2.13. The first-order valence-electron chi connectivity index (χ1n) is 21.5. The topological polar surface area (TPSA) is 55.8 Å². The van der Waals surface area contributed by atoms with Gasteiger partial charge < -0.3 is 14.6 Å². The molecule has 0 radical (unpaired) electrons. The summed E-state index contributed by atoms with van der Waals surface area (Å²) in [5.41, 5.74) is 0. The van der Waals surface area contributed by atoms with Crippen LogP contribution < -0.4 is 0 Å². The summed E-state index contributed by atoms with van der Waals surface area (Å²) in [5.74, 6) is -0.213. The lowest BCUT2D eigenvalue weighted by Crippen LogP contribution is -2.27. The Morgan fingerprint density at radius 2 is 0.882 bits per heavy atom. The second-order valence-electron chi connectivity index (χ2n) is 14.0. The molecule has 0 fully saturated rings. The number of hydrogen-bond acceptors (Lipinski definition) is 4. The largest absolute Gasteiger partial charge is 0.457 e. The van der Waals surface area contributed by atoms with Gasteiger partial charge in [-0.15, -0.1) is 0 Å². The summed E-state index contributed by atoms with van der Waals surface area (Å²) >= 11 is 0. The van der Waals surface area contributed by atoms with Crippen molar-refractivity contribution >= 4 is 5.97 Å². The van der Waals surface area contributed by atoms with Crippen molar-refractivity contribution in [3.05, 3.63) is 72.9 Å². The van der Waals surface area contributed by atoms with Gasteiger partial charge in [-0.25, -0.2) is 0 Å². The molecule has 0 heterocycles. The van der Waals surface area contributed by atoms with E-state index in [9.17, 15) is 9.90 Å². The molecular weight excluding hydrogens is 629 g/mol. The Labute approximate surface area is 317 Å². The maximum Gasteiger partial charge on any atom is 0.306 e. The molecule has 0 aliphatic rings. The number of unbranched alkanes of at least 4 members (excludes halogenated alkanes) is 19. The Hall–Kier alpha value is -2.17. The molecule has 1 N–H and O–H groups in total. The Morgan fingerprint density at radius 3 is 1.33 bits per heavy atom. The van der Waals surface area contributed by atoms with Crippen LogP contribution in [0.3, 0.4) is 0 Å². The van der Waals surface area contributed by atoms with Crippen LogP contribution in [0, 0.1) is 0 Å². The SMILES string of the molecule is CC/C=C\C/C=C\C/C=C\C/C=C\CCCCCCCCCCC(=O)OC(CO)COCCCCCCCCCC/C=C\C/C=C\CCCCC. The van der Waals surface area contributed by atoms with Crippen molar-refractivity contribution in [2.24, 2.45) is 0 Å². The minimum Gasteiger partial charge on any atom is -0.457 e. The number of ether oxygens (including phenoxy) is 2. The van der Waals surface area contributed by atoms with E-state index in [1.54, 1.807) is 0 Å². The lowest BCUT2D eigenvalue weighted by molar-refractivity contribution is -0.154. The zero-order valence-electron chi connectivity index (χ0n) is 33.6. The molecular formula is C47H82O4. The number of rotatable bonds is 39. The molecule has 1 atom stereocenters. The van der Waals surface area contributed by atoms with Gasteiger partial charge in [0.05, 0.1) is 13.2 Å². The van der Waals surface area contributed by atoms with Crippen LogP contribution in [0.4, 0.5) is 0 Å². The molecule has 0 amide bonds. The van der Waals surface area contributed by atoms with E-state index >= 15 is 0 Å². The van der Waals surface area contributed by atoms with Gasteiger partial charge in [-0.2, -0.15) is 0 Å². The predicted octanol–water partition coefficient (Wildman–Crippen LogP) is 14.2. The lowest BCUT2D eigenvalue weighted by atomic mass is 10.1. The maximum atomic E-state index is 12.2. The molecule has 4 heteroatoms. The Bertz CT molecular complexity index is 881. The van der Waals surface area contributed by atoms with Gasteiger partial charge in [-0.1, -0.05) is 177 Å². The number of allylic oxidation sites excluding steroid dienone is 12. The minimum absolute atomic E-state index is 0.181. The van der Waals surface area contributed by atoms with E-state index in [-0.39, 0.29) is 19.2 Å². The van der Waals surface area contributed by atoms with E-state index in [1.807, 2.05) is 0 Å². The highest BCUT2D eigenvalue weighted by Gasteiger charge is 2.13. The summed E-state index contributed by atoms with van der Waals surface area (Å²) in [5, 5.41) is 9.61. The molecule has 0 aromatic rings.